The van der Waals surface area contributed by atoms with Crippen molar-refractivity contribution in [3.8, 4) is 0 Å². The maximum atomic E-state index is 3.73. The van der Waals surface area contributed by atoms with Crippen LogP contribution in [0.1, 0.15) is 19.3 Å². The van der Waals surface area contributed by atoms with Gasteiger partial charge in [-0.05, 0) is 26.4 Å². The summed E-state index contributed by atoms with van der Waals surface area (Å²) < 4.78 is 0. The van der Waals surface area contributed by atoms with Gasteiger partial charge in [-0.3, -0.25) is 0 Å². The number of rotatable bonds is 4. The van der Waals surface area contributed by atoms with E-state index in [1.54, 1.807) is 0 Å². The number of piperidine rings is 1. The summed E-state index contributed by atoms with van der Waals surface area (Å²) in [5.41, 5.74) is 0. The van der Waals surface area contributed by atoms with Crippen LogP contribution in [0.25, 0.3) is 0 Å². The van der Waals surface area contributed by atoms with Gasteiger partial charge in [0, 0.05) is 19.1 Å². The first-order valence-electron chi connectivity index (χ1n) is 4.85. The Bertz CT molecular complexity index is 128. The first-order chi connectivity index (χ1) is 5.83. The minimum Gasteiger partial charge on any atom is -0.313 e. The van der Waals surface area contributed by atoms with Gasteiger partial charge >= 0.3 is 0 Å². The van der Waals surface area contributed by atoms with Crippen LogP contribution >= 0.6 is 0 Å². The molecular weight excluding hydrogens is 148 g/mol. The molecule has 70 valence electrons. The molecule has 1 aliphatic rings. The summed E-state index contributed by atoms with van der Waals surface area (Å²) >= 11 is 0. The molecule has 0 unspecified atom stereocenters. The molecule has 1 saturated heterocycles. The highest BCUT2D eigenvalue weighted by Crippen LogP contribution is 2.07. The topological polar surface area (TPSA) is 15.3 Å². The summed E-state index contributed by atoms with van der Waals surface area (Å²) in [6.45, 7) is 7.09. The predicted molar refractivity (Wildman–Crippen MR) is 53.3 cm³/mol. The molecule has 0 aliphatic carbocycles. The highest BCUT2D eigenvalue weighted by Gasteiger charge is 2.13. The van der Waals surface area contributed by atoms with Crippen LogP contribution in [0.3, 0.4) is 0 Å². The molecule has 12 heavy (non-hydrogen) atoms. The fraction of sp³-hybridized carbons (Fsp3) is 0.800. The third kappa shape index (κ3) is 3.37. The Hall–Kier alpha value is -0.340. The van der Waals surface area contributed by atoms with Crippen LogP contribution in [-0.4, -0.2) is 37.6 Å². The van der Waals surface area contributed by atoms with Crippen molar-refractivity contribution >= 4 is 0 Å². The number of hydrogen-bond acceptors (Lipinski definition) is 2. The molecule has 1 aliphatic heterocycles. The van der Waals surface area contributed by atoms with Gasteiger partial charge in [0.15, 0.2) is 0 Å². The van der Waals surface area contributed by atoms with Gasteiger partial charge in [0.1, 0.15) is 0 Å². The summed E-state index contributed by atoms with van der Waals surface area (Å²) in [5, 5.41) is 3.53. The van der Waals surface area contributed by atoms with E-state index in [1.807, 2.05) is 6.08 Å². The second-order valence-electron chi connectivity index (χ2n) is 3.66. The lowest BCUT2D eigenvalue weighted by atomic mass is 10.0. The molecule has 1 heterocycles. The van der Waals surface area contributed by atoms with Gasteiger partial charge in [-0.15, -0.1) is 6.58 Å². The second kappa shape index (κ2) is 5.33. The molecule has 0 bridgehead atoms. The van der Waals surface area contributed by atoms with Crippen LogP contribution in [0.4, 0.5) is 0 Å². The van der Waals surface area contributed by atoms with E-state index in [0.29, 0.717) is 6.04 Å². The van der Waals surface area contributed by atoms with E-state index in [-0.39, 0.29) is 0 Å². The zero-order valence-electron chi connectivity index (χ0n) is 8.05. The lowest BCUT2D eigenvalue weighted by Gasteiger charge is -2.27. The number of nitrogens with zero attached hydrogens (tertiary/aromatic N) is 1. The zero-order valence-corrected chi connectivity index (χ0v) is 8.05. The third-order valence-corrected chi connectivity index (χ3v) is 2.39. The fourth-order valence-corrected chi connectivity index (χ4v) is 1.75. The highest BCUT2D eigenvalue weighted by molar-refractivity contribution is 4.78. The van der Waals surface area contributed by atoms with Crippen molar-refractivity contribution in [1.29, 1.82) is 0 Å². The standard InChI is InChI=1S/C10H20N2/c1-3-8-12(2)9-10-6-4-5-7-11-10/h3,10-11H,1,4-9H2,2H3/t10-/m0/s1. The van der Waals surface area contributed by atoms with Crippen LogP contribution in [0.15, 0.2) is 12.7 Å². The number of hydrogen-bond donors (Lipinski definition) is 1. The Morgan fingerprint density at radius 3 is 3.00 bits per heavy atom. The summed E-state index contributed by atoms with van der Waals surface area (Å²) in [5.74, 6) is 0. The lowest BCUT2D eigenvalue weighted by Crippen LogP contribution is -2.42. The summed E-state index contributed by atoms with van der Waals surface area (Å²) in [6, 6.07) is 0.712. The quantitative estimate of drug-likeness (QED) is 0.635. The summed E-state index contributed by atoms with van der Waals surface area (Å²) in [4.78, 5) is 2.32. The van der Waals surface area contributed by atoms with Crippen molar-refractivity contribution < 1.29 is 0 Å². The van der Waals surface area contributed by atoms with E-state index in [4.69, 9.17) is 0 Å². The first-order valence-corrected chi connectivity index (χ1v) is 4.85. The Labute approximate surface area is 75.6 Å². The van der Waals surface area contributed by atoms with Crippen molar-refractivity contribution in [2.24, 2.45) is 0 Å². The maximum Gasteiger partial charge on any atom is 0.0195 e. The van der Waals surface area contributed by atoms with Gasteiger partial charge in [-0.1, -0.05) is 12.5 Å². The molecule has 0 amide bonds. The molecular formula is C10H20N2. The molecule has 2 heteroatoms. The van der Waals surface area contributed by atoms with Gasteiger partial charge < -0.3 is 10.2 Å². The molecule has 0 spiro atoms. The lowest BCUT2D eigenvalue weighted by molar-refractivity contribution is 0.280. The normalized spacial score (nSPS) is 24.3. The summed E-state index contributed by atoms with van der Waals surface area (Å²) in [6.07, 6.45) is 6.03. The molecule has 1 fully saturated rings. The van der Waals surface area contributed by atoms with Gasteiger partial charge in [-0.2, -0.15) is 0 Å². The summed E-state index contributed by atoms with van der Waals surface area (Å²) in [7, 11) is 2.15. The van der Waals surface area contributed by atoms with Crippen molar-refractivity contribution in [1.82, 2.24) is 10.2 Å². The SMILES string of the molecule is C=CCN(C)C[C@@H]1CCCCN1. The van der Waals surface area contributed by atoms with Gasteiger partial charge in [-0.25, -0.2) is 0 Å². The Morgan fingerprint density at radius 2 is 2.42 bits per heavy atom. The van der Waals surface area contributed by atoms with Crippen molar-refractivity contribution in [2.75, 3.05) is 26.7 Å². The monoisotopic (exact) mass is 168 g/mol. The van der Waals surface area contributed by atoms with E-state index >= 15 is 0 Å². The predicted octanol–water partition coefficient (Wildman–Crippen LogP) is 1.25. The largest absolute Gasteiger partial charge is 0.313 e. The molecule has 0 saturated carbocycles. The molecule has 1 rings (SSSR count). The zero-order chi connectivity index (χ0) is 8.81. The maximum absolute atomic E-state index is 3.73. The minimum atomic E-state index is 0.712. The van der Waals surface area contributed by atoms with Gasteiger partial charge in [0.05, 0.1) is 0 Å². The van der Waals surface area contributed by atoms with E-state index in [1.165, 1.54) is 25.8 Å². The van der Waals surface area contributed by atoms with E-state index in [0.717, 1.165) is 13.1 Å². The van der Waals surface area contributed by atoms with Crippen molar-refractivity contribution in [2.45, 2.75) is 25.3 Å². The van der Waals surface area contributed by atoms with Crippen molar-refractivity contribution in [3.63, 3.8) is 0 Å². The molecule has 0 aromatic rings. The number of nitrogens with one attached hydrogen (secondary N) is 1. The molecule has 0 aromatic heterocycles. The molecule has 1 N–H and O–H groups in total. The Morgan fingerprint density at radius 1 is 1.58 bits per heavy atom. The van der Waals surface area contributed by atoms with Crippen LogP contribution in [-0.2, 0) is 0 Å². The smallest absolute Gasteiger partial charge is 0.0195 e. The van der Waals surface area contributed by atoms with Crippen molar-refractivity contribution in [3.05, 3.63) is 12.7 Å². The van der Waals surface area contributed by atoms with Gasteiger partial charge in [0.2, 0.25) is 0 Å². The second-order valence-corrected chi connectivity index (χ2v) is 3.66. The highest BCUT2D eigenvalue weighted by atomic mass is 15.1. The van der Waals surface area contributed by atoms with Crippen LogP contribution in [0, 0.1) is 0 Å². The fourth-order valence-electron chi connectivity index (χ4n) is 1.75. The van der Waals surface area contributed by atoms with E-state index in [9.17, 15) is 0 Å². The molecule has 1 atom stereocenters. The Kier molecular flexibility index (Phi) is 4.33. The molecule has 0 aromatic carbocycles. The number of likely N-dealkylation sites (N-methyl/N-ethyl adjacent to an activating group) is 1. The average Bonchev–Trinajstić information content (AvgIpc) is 2.06. The molecule has 2 nitrogen and oxygen atoms in total. The van der Waals surface area contributed by atoms with Crippen LogP contribution < -0.4 is 5.32 Å². The Balaban J connectivity index is 2.15. The third-order valence-electron chi connectivity index (χ3n) is 2.39. The van der Waals surface area contributed by atoms with E-state index in [2.05, 4.69) is 23.8 Å². The van der Waals surface area contributed by atoms with Crippen LogP contribution in [0.5, 0.6) is 0 Å². The minimum absolute atomic E-state index is 0.712. The van der Waals surface area contributed by atoms with E-state index < -0.39 is 0 Å². The van der Waals surface area contributed by atoms with Crippen LogP contribution in [0.2, 0.25) is 0 Å². The average molecular weight is 168 g/mol. The molecule has 0 radical (unpaired) electrons. The van der Waals surface area contributed by atoms with Gasteiger partial charge in [0.25, 0.3) is 0 Å². The first kappa shape index (κ1) is 9.75.